The number of nitrogens with one attached hydrogen (secondary N) is 1. The summed E-state index contributed by atoms with van der Waals surface area (Å²) in [6, 6.07) is 6.36. The Balaban J connectivity index is 1.51. The molecule has 2 aliphatic rings. The molecule has 1 fully saturated rings. The van der Waals surface area contributed by atoms with E-state index in [1.165, 1.54) is 0 Å². The minimum absolute atomic E-state index is 0.0678. The molecule has 1 amide bonds. The van der Waals surface area contributed by atoms with Crippen molar-refractivity contribution in [3.05, 3.63) is 48.3 Å². The maximum absolute atomic E-state index is 13.3. The third-order valence-corrected chi connectivity index (χ3v) is 7.11. The number of rotatable bonds is 3. The van der Waals surface area contributed by atoms with Gasteiger partial charge in [0.05, 0.1) is 5.56 Å². The van der Waals surface area contributed by atoms with E-state index in [-0.39, 0.29) is 11.9 Å². The Morgan fingerprint density at radius 1 is 1.09 bits per heavy atom. The molecule has 6 rings (SSSR count). The van der Waals surface area contributed by atoms with Gasteiger partial charge in [0, 0.05) is 42.3 Å². The van der Waals surface area contributed by atoms with Crippen LogP contribution in [-0.4, -0.2) is 52.9 Å². The quantitative estimate of drug-likeness (QED) is 0.506. The second-order valence-corrected chi connectivity index (χ2v) is 9.37. The first kappa shape index (κ1) is 20.9. The predicted molar refractivity (Wildman–Crippen MR) is 129 cm³/mol. The van der Waals surface area contributed by atoms with Crippen molar-refractivity contribution in [2.45, 2.75) is 45.2 Å². The number of amides is 1. The molecule has 3 aromatic heterocycles. The molecule has 172 valence electrons. The van der Waals surface area contributed by atoms with Crippen molar-refractivity contribution in [1.82, 2.24) is 34.4 Å². The van der Waals surface area contributed by atoms with Crippen LogP contribution >= 0.6 is 0 Å². The summed E-state index contributed by atoms with van der Waals surface area (Å²) in [5, 5.41) is 3.12. The number of hydrogen-bond acceptors (Lipinski definition) is 7. The number of aryl methyl sites for hydroxylation is 2. The average molecular weight is 455 g/mol. The zero-order valence-electron chi connectivity index (χ0n) is 19.7. The molecule has 0 bridgehead atoms. The Kier molecular flexibility index (Phi) is 4.54. The van der Waals surface area contributed by atoms with Crippen LogP contribution in [0.25, 0.3) is 33.8 Å². The summed E-state index contributed by atoms with van der Waals surface area (Å²) >= 11 is 0. The molecule has 9 heteroatoms. The van der Waals surface area contributed by atoms with Crippen molar-refractivity contribution in [3.8, 4) is 22.6 Å². The summed E-state index contributed by atoms with van der Waals surface area (Å²) in [5.74, 6) is 1.51. The van der Waals surface area contributed by atoms with Crippen LogP contribution in [0.3, 0.4) is 0 Å². The van der Waals surface area contributed by atoms with E-state index in [1.54, 1.807) is 18.7 Å². The van der Waals surface area contributed by atoms with Crippen molar-refractivity contribution < 1.29 is 4.79 Å². The van der Waals surface area contributed by atoms with E-state index < -0.39 is 5.54 Å². The highest BCUT2D eigenvalue weighted by Crippen LogP contribution is 2.49. The molecule has 34 heavy (non-hydrogen) atoms. The zero-order chi connectivity index (χ0) is 23.6. The van der Waals surface area contributed by atoms with Crippen molar-refractivity contribution in [3.63, 3.8) is 0 Å². The van der Waals surface area contributed by atoms with Gasteiger partial charge in [-0.1, -0.05) is 6.07 Å². The van der Waals surface area contributed by atoms with Crippen LogP contribution in [0.2, 0.25) is 0 Å². The fraction of sp³-hybridized carbons (Fsp3) is 0.360. The van der Waals surface area contributed by atoms with Gasteiger partial charge in [0.1, 0.15) is 34.7 Å². The number of hydrogen-bond donors (Lipinski definition) is 1. The lowest BCUT2D eigenvalue weighted by Gasteiger charge is -2.36. The average Bonchev–Trinajstić information content (AvgIpc) is 3.50. The second-order valence-electron chi connectivity index (χ2n) is 9.37. The van der Waals surface area contributed by atoms with Gasteiger partial charge in [0.25, 0.3) is 0 Å². The van der Waals surface area contributed by atoms with Crippen molar-refractivity contribution >= 4 is 22.8 Å². The highest BCUT2D eigenvalue weighted by molar-refractivity contribution is 6.07. The number of carbonyl (C=O) groups excluding carboxylic acids is 1. The number of benzene rings is 1. The van der Waals surface area contributed by atoms with Gasteiger partial charge in [-0.25, -0.2) is 24.9 Å². The molecule has 0 unspecified atom stereocenters. The molecule has 1 spiro atoms. The molecule has 1 aromatic carbocycles. The number of likely N-dealkylation sites (tertiary alicyclic amines) is 1. The number of carbonyl (C=O) groups is 1. The van der Waals surface area contributed by atoms with E-state index in [2.05, 4.69) is 50.1 Å². The smallest absolute Gasteiger partial charge is 0.249 e. The maximum Gasteiger partial charge on any atom is 0.249 e. The topological polar surface area (TPSA) is 102 Å². The summed E-state index contributed by atoms with van der Waals surface area (Å²) < 4.78 is 1.94. The van der Waals surface area contributed by atoms with E-state index in [0.717, 1.165) is 58.9 Å². The summed E-state index contributed by atoms with van der Waals surface area (Å²) in [5.41, 5.74) is 5.20. The molecule has 9 nitrogen and oxygen atoms in total. The molecule has 0 radical (unpaired) electrons. The van der Waals surface area contributed by atoms with E-state index in [4.69, 9.17) is 4.98 Å². The van der Waals surface area contributed by atoms with E-state index in [1.807, 2.05) is 30.7 Å². The molecule has 1 saturated heterocycles. The molecule has 0 aliphatic carbocycles. The van der Waals surface area contributed by atoms with Gasteiger partial charge in [-0.05, 0) is 52.3 Å². The fourth-order valence-electron chi connectivity index (χ4n) is 5.54. The molecule has 1 N–H and O–H groups in total. The first-order valence-corrected chi connectivity index (χ1v) is 11.6. The Labute approximate surface area is 197 Å². The third kappa shape index (κ3) is 2.83. The number of imidazole rings is 1. The van der Waals surface area contributed by atoms with Gasteiger partial charge < -0.3 is 9.88 Å². The van der Waals surface area contributed by atoms with Crippen LogP contribution in [0.4, 0.5) is 5.69 Å². The van der Waals surface area contributed by atoms with Crippen LogP contribution < -0.4 is 5.32 Å². The molecule has 2 aliphatic heterocycles. The van der Waals surface area contributed by atoms with Crippen LogP contribution in [0, 0.1) is 6.92 Å². The van der Waals surface area contributed by atoms with Crippen LogP contribution in [0.15, 0.2) is 36.9 Å². The maximum atomic E-state index is 13.3. The lowest BCUT2D eigenvalue weighted by atomic mass is 9.86. The van der Waals surface area contributed by atoms with Crippen molar-refractivity contribution in [1.29, 1.82) is 0 Å². The van der Waals surface area contributed by atoms with Gasteiger partial charge in [0.15, 0.2) is 5.65 Å². The number of nitrogens with zero attached hydrogens (tertiary/aromatic N) is 7. The Morgan fingerprint density at radius 2 is 1.88 bits per heavy atom. The molecule has 1 atom stereocenters. The molecule has 0 saturated carbocycles. The monoisotopic (exact) mass is 454 g/mol. The zero-order valence-corrected chi connectivity index (χ0v) is 19.7. The van der Waals surface area contributed by atoms with Crippen LogP contribution in [0.5, 0.6) is 0 Å². The minimum atomic E-state index is -0.625. The second kappa shape index (κ2) is 7.39. The van der Waals surface area contributed by atoms with Crippen LogP contribution in [0.1, 0.15) is 38.1 Å². The number of anilines is 1. The van der Waals surface area contributed by atoms with Gasteiger partial charge in [-0.2, -0.15) is 0 Å². The molecule has 4 aromatic rings. The van der Waals surface area contributed by atoms with Gasteiger partial charge >= 0.3 is 0 Å². The van der Waals surface area contributed by atoms with Gasteiger partial charge in [-0.15, -0.1) is 0 Å². The normalized spacial score (nSPS) is 20.0. The Bertz CT molecular complexity index is 1440. The summed E-state index contributed by atoms with van der Waals surface area (Å²) in [7, 11) is 1.93. The predicted octanol–water partition coefficient (Wildman–Crippen LogP) is 3.45. The van der Waals surface area contributed by atoms with E-state index in [9.17, 15) is 4.79 Å². The first-order chi connectivity index (χ1) is 16.4. The van der Waals surface area contributed by atoms with E-state index >= 15 is 0 Å². The Morgan fingerprint density at radius 3 is 2.65 bits per heavy atom. The SMILES string of the molecule is Cc1ncc(-c2nc3c(-c4ccc5c(c4)[C@@]4(CCCN4C(C)C)C(=O)N5)ncnc3n2C)cn1. The number of aromatic nitrogens is 6. The van der Waals surface area contributed by atoms with E-state index in [0.29, 0.717) is 11.3 Å². The highest BCUT2D eigenvalue weighted by Gasteiger charge is 2.54. The first-order valence-electron chi connectivity index (χ1n) is 11.6. The largest absolute Gasteiger partial charge is 0.324 e. The molecule has 5 heterocycles. The highest BCUT2D eigenvalue weighted by atomic mass is 16.2. The van der Waals surface area contributed by atoms with Crippen molar-refractivity contribution in [2.24, 2.45) is 7.05 Å². The van der Waals surface area contributed by atoms with Crippen LogP contribution in [-0.2, 0) is 17.4 Å². The summed E-state index contributed by atoms with van der Waals surface area (Å²) in [6.07, 6.45) is 6.92. The lowest BCUT2D eigenvalue weighted by Crippen LogP contribution is -2.49. The lowest BCUT2D eigenvalue weighted by molar-refractivity contribution is -0.127. The summed E-state index contributed by atoms with van der Waals surface area (Å²) in [4.78, 5) is 38.2. The Hall–Kier alpha value is -3.72. The van der Waals surface area contributed by atoms with Gasteiger partial charge in [-0.3, -0.25) is 9.69 Å². The summed E-state index contributed by atoms with van der Waals surface area (Å²) in [6.45, 7) is 7.07. The minimum Gasteiger partial charge on any atom is -0.324 e. The molecular formula is C25H26N8O. The standard InChI is InChI=1S/C25H26N8O/c1-14(2)33-9-5-8-25(33)18-10-16(6-7-19(18)30-24(25)34)20-21-23(29-13-28-20)32(4)22(31-21)17-11-26-15(3)27-12-17/h6-7,10-14H,5,8-9H2,1-4H3,(H,30,34)/t25-/m0/s1. The third-order valence-electron chi connectivity index (χ3n) is 7.11. The fourth-order valence-corrected chi connectivity index (χ4v) is 5.54. The number of fused-ring (bicyclic) bond motifs is 3. The molecular weight excluding hydrogens is 428 g/mol. The van der Waals surface area contributed by atoms with Crippen molar-refractivity contribution in [2.75, 3.05) is 11.9 Å². The van der Waals surface area contributed by atoms with Gasteiger partial charge in [0.2, 0.25) is 5.91 Å².